The van der Waals surface area contributed by atoms with E-state index < -0.39 is 41.6 Å². The molecule has 174 valence electrons. The quantitative estimate of drug-likeness (QED) is 0.304. The van der Waals surface area contributed by atoms with Crippen molar-refractivity contribution in [1.82, 2.24) is 15.5 Å². The van der Waals surface area contributed by atoms with Gasteiger partial charge in [-0.25, -0.2) is 4.79 Å². The molecule has 0 fully saturated rings. The second-order valence-electron chi connectivity index (χ2n) is 7.79. The van der Waals surface area contributed by atoms with Crippen LogP contribution in [0.25, 0.3) is 0 Å². The molecule has 0 saturated heterocycles. The van der Waals surface area contributed by atoms with E-state index in [1.54, 1.807) is 45.0 Å². The number of methoxy groups -OCH3 is 1. The second-order valence-corrected chi connectivity index (χ2v) is 8.16. The zero-order valence-electron chi connectivity index (χ0n) is 18.8. The predicted octanol–water partition coefficient (Wildman–Crippen LogP) is 1.28. The van der Waals surface area contributed by atoms with Gasteiger partial charge in [0.1, 0.15) is 24.2 Å². The maximum atomic E-state index is 13.1. The molecule has 32 heavy (non-hydrogen) atoms. The van der Waals surface area contributed by atoms with Crippen LogP contribution in [0.4, 0.5) is 4.79 Å². The summed E-state index contributed by atoms with van der Waals surface area (Å²) in [6.07, 6.45) is 4.59. The third kappa shape index (κ3) is 8.15. The smallest absolute Gasteiger partial charge is 0.408 e. The third-order valence-corrected chi connectivity index (χ3v) is 4.55. The van der Waals surface area contributed by atoms with Gasteiger partial charge in [0, 0.05) is 18.4 Å². The van der Waals surface area contributed by atoms with Crippen LogP contribution in [0.15, 0.2) is 24.3 Å². The van der Waals surface area contributed by atoms with Crippen molar-refractivity contribution in [3.8, 4) is 12.3 Å². The standard InChI is InChI=1S/C22H29N3O6S/c1-7-14-8-10-15(11-9-14)18(19(27)23-12-17(26)30-6)25(5)20(28)16(13-32)24-21(29)31-22(2,3)4/h1,8-11,16,18,32H,12-13H2,2-6H3,(H,23,27)(H,24,29). The monoisotopic (exact) mass is 463 g/mol. The number of hydrogen-bond acceptors (Lipinski definition) is 7. The molecule has 0 aromatic heterocycles. The number of benzene rings is 1. The molecule has 0 aliphatic carbocycles. The Morgan fingerprint density at radius 1 is 1.19 bits per heavy atom. The second kappa shape index (κ2) is 12.0. The molecule has 9 nitrogen and oxygen atoms in total. The van der Waals surface area contributed by atoms with Crippen LogP contribution in [0.2, 0.25) is 0 Å². The number of carbonyl (C=O) groups is 4. The Balaban J connectivity index is 3.15. The normalized spacial score (nSPS) is 12.5. The summed E-state index contributed by atoms with van der Waals surface area (Å²) in [5.41, 5.74) is 0.295. The van der Waals surface area contributed by atoms with E-state index in [0.29, 0.717) is 11.1 Å². The van der Waals surface area contributed by atoms with Crippen LogP contribution in [0, 0.1) is 12.3 Å². The first-order chi connectivity index (χ1) is 14.9. The third-order valence-electron chi connectivity index (χ3n) is 4.18. The number of hydrogen-bond donors (Lipinski definition) is 3. The SMILES string of the molecule is C#Cc1ccc(C(C(=O)NCC(=O)OC)N(C)C(=O)C(CS)NC(=O)OC(C)(C)C)cc1. The van der Waals surface area contributed by atoms with Crippen molar-refractivity contribution >= 4 is 36.5 Å². The Bertz CT molecular complexity index is 873. The van der Waals surface area contributed by atoms with Crippen molar-refractivity contribution in [2.75, 3.05) is 26.5 Å². The molecule has 1 aromatic rings. The lowest BCUT2D eigenvalue weighted by Crippen LogP contribution is -2.52. The first-order valence-corrected chi connectivity index (χ1v) is 10.3. The number of esters is 1. The molecule has 0 bridgehead atoms. The number of nitrogens with one attached hydrogen (secondary N) is 2. The number of likely N-dealkylation sites (N-methyl/N-ethyl adjacent to an activating group) is 1. The van der Waals surface area contributed by atoms with Crippen molar-refractivity contribution in [2.45, 2.75) is 38.5 Å². The molecule has 0 radical (unpaired) electrons. The highest BCUT2D eigenvalue weighted by Crippen LogP contribution is 2.22. The van der Waals surface area contributed by atoms with Crippen LogP contribution in [-0.4, -0.2) is 66.9 Å². The van der Waals surface area contributed by atoms with Crippen LogP contribution >= 0.6 is 12.6 Å². The van der Waals surface area contributed by atoms with Gasteiger partial charge in [-0.3, -0.25) is 14.4 Å². The summed E-state index contributed by atoms with van der Waals surface area (Å²) in [7, 11) is 2.60. The van der Waals surface area contributed by atoms with Gasteiger partial charge in [0.15, 0.2) is 0 Å². The van der Waals surface area contributed by atoms with E-state index in [1.807, 2.05) is 0 Å². The summed E-state index contributed by atoms with van der Waals surface area (Å²) in [4.78, 5) is 50.7. The molecule has 0 spiro atoms. The van der Waals surface area contributed by atoms with Crippen LogP contribution in [0.1, 0.15) is 37.9 Å². The minimum Gasteiger partial charge on any atom is -0.468 e. The van der Waals surface area contributed by atoms with E-state index in [4.69, 9.17) is 11.2 Å². The van der Waals surface area contributed by atoms with Crippen LogP contribution in [-0.2, 0) is 23.9 Å². The first kappa shape index (κ1) is 26.8. The molecule has 1 aromatic carbocycles. The van der Waals surface area contributed by atoms with Crippen molar-refractivity contribution in [2.24, 2.45) is 0 Å². The first-order valence-electron chi connectivity index (χ1n) is 9.71. The van der Waals surface area contributed by atoms with Gasteiger partial charge < -0.3 is 25.0 Å². The topological polar surface area (TPSA) is 114 Å². The molecule has 0 aliphatic heterocycles. The van der Waals surface area contributed by atoms with Gasteiger partial charge in [-0.2, -0.15) is 12.6 Å². The van der Waals surface area contributed by atoms with E-state index in [0.717, 1.165) is 4.90 Å². The molecule has 0 saturated carbocycles. The fraction of sp³-hybridized carbons (Fsp3) is 0.455. The number of thiol groups is 1. The summed E-state index contributed by atoms with van der Waals surface area (Å²) < 4.78 is 9.73. The average molecular weight is 464 g/mol. The zero-order chi connectivity index (χ0) is 24.5. The molecular formula is C22H29N3O6S. The fourth-order valence-electron chi connectivity index (χ4n) is 2.65. The van der Waals surface area contributed by atoms with E-state index in [-0.39, 0.29) is 12.3 Å². The zero-order valence-corrected chi connectivity index (χ0v) is 19.7. The van der Waals surface area contributed by atoms with Crippen molar-refractivity contribution in [3.05, 3.63) is 35.4 Å². The van der Waals surface area contributed by atoms with Crippen molar-refractivity contribution < 1.29 is 28.7 Å². The largest absolute Gasteiger partial charge is 0.468 e. The Morgan fingerprint density at radius 3 is 2.25 bits per heavy atom. The highest BCUT2D eigenvalue weighted by Gasteiger charge is 2.33. The van der Waals surface area contributed by atoms with Gasteiger partial charge >= 0.3 is 12.1 Å². The van der Waals surface area contributed by atoms with Crippen molar-refractivity contribution in [1.29, 1.82) is 0 Å². The van der Waals surface area contributed by atoms with E-state index in [1.165, 1.54) is 14.2 Å². The Hall–Kier alpha value is -3.19. The minimum atomic E-state index is -1.11. The number of carbonyl (C=O) groups excluding carboxylic acids is 4. The van der Waals surface area contributed by atoms with Gasteiger partial charge in [0.25, 0.3) is 0 Å². The molecule has 2 atom stereocenters. The van der Waals surface area contributed by atoms with Gasteiger partial charge in [-0.05, 0) is 38.5 Å². The van der Waals surface area contributed by atoms with Crippen LogP contribution < -0.4 is 10.6 Å². The maximum Gasteiger partial charge on any atom is 0.408 e. The molecule has 10 heteroatoms. The number of ether oxygens (including phenoxy) is 2. The summed E-state index contributed by atoms with van der Waals surface area (Å²) in [5.74, 6) is 0.604. The fourth-order valence-corrected chi connectivity index (χ4v) is 2.90. The molecule has 2 N–H and O–H groups in total. The average Bonchev–Trinajstić information content (AvgIpc) is 2.74. The molecule has 1 rings (SSSR count). The van der Waals surface area contributed by atoms with Gasteiger partial charge in [0.05, 0.1) is 7.11 Å². The Kier molecular flexibility index (Phi) is 10.1. The highest BCUT2D eigenvalue weighted by atomic mass is 32.1. The lowest BCUT2D eigenvalue weighted by molar-refractivity contribution is -0.143. The minimum absolute atomic E-state index is 0.0328. The molecular weight excluding hydrogens is 434 g/mol. The van der Waals surface area contributed by atoms with Gasteiger partial charge in [-0.15, -0.1) is 6.42 Å². The predicted molar refractivity (Wildman–Crippen MR) is 122 cm³/mol. The number of alkyl carbamates (subject to hydrolysis) is 1. The van der Waals surface area contributed by atoms with Crippen LogP contribution in [0.3, 0.4) is 0 Å². The lowest BCUT2D eigenvalue weighted by atomic mass is 10.0. The van der Waals surface area contributed by atoms with E-state index in [9.17, 15) is 19.2 Å². The van der Waals surface area contributed by atoms with Crippen LogP contribution in [0.5, 0.6) is 0 Å². The summed E-state index contributed by atoms with van der Waals surface area (Å²) in [6.45, 7) is 4.70. The highest BCUT2D eigenvalue weighted by molar-refractivity contribution is 7.80. The van der Waals surface area contributed by atoms with E-state index in [2.05, 4.69) is 33.9 Å². The number of nitrogens with zero attached hydrogens (tertiary/aromatic N) is 1. The van der Waals surface area contributed by atoms with Gasteiger partial charge in [-0.1, -0.05) is 18.1 Å². The lowest BCUT2D eigenvalue weighted by Gasteiger charge is -2.31. The Labute approximate surface area is 193 Å². The molecule has 0 heterocycles. The molecule has 3 amide bonds. The molecule has 2 unspecified atom stereocenters. The number of terminal acetylenes is 1. The number of rotatable bonds is 8. The van der Waals surface area contributed by atoms with Crippen molar-refractivity contribution in [3.63, 3.8) is 0 Å². The molecule has 0 aliphatic rings. The van der Waals surface area contributed by atoms with E-state index >= 15 is 0 Å². The maximum absolute atomic E-state index is 13.1. The summed E-state index contributed by atoms with van der Waals surface area (Å²) >= 11 is 4.15. The summed E-state index contributed by atoms with van der Waals surface area (Å²) in [5, 5.41) is 4.91. The number of amides is 3. The summed E-state index contributed by atoms with van der Waals surface area (Å²) in [6, 6.07) is 4.31. The van der Waals surface area contributed by atoms with Gasteiger partial charge in [0.2, 0.25) is 11.8 Å². The Morgan fingerprint density at radius 2 is 1.78 bits per heavy atom.